The van der Waals surface area contributed by atoms with Crippen LogP contribution in [0.5, 0.6) is 11.5 Å². The van der Waals surface area contributed by atoms with Crippen molar-refractivity contribution in [1.29, 1.82) is 0 Å². The van der Waals surface area contributed by atoms with Crippen molar-refractivity contribution in [2.75, 3.05) is 27.0 Å². The Morgan fingerprint density at radius 1 is 1.22 bits per heavy atom. The lowest BCUT2D eigenvalue weighted by Crippen LogP contribution is -2.38. The van der Waals surface area contributed by atoms with Gasteiger partial charge in [-0.05, 0) is 50.3 Å². The molecule has 0 aromatic heterocycles. The molecule has 3 rings (SSSR count). The SMILES string of the molecule is COC(=O)C(C)CN(CCC1=CCCCC1)C(=O)c1ccc2c(c1)OCO2. The van der Waals surface area contributed by atoms with Gasteiger partial charge in [-0.3, -0.25) is 9.59 Å². The second-order valence-electron chi connectivity index (χ2n) is 7.10. The van der Waals surface area contributed by atoms with E-state index >= 15 is 0 Å². The summed E-state index contributed by atoms with van der Waals surface area (Å²) in [5.74, 6) is 0.425. The molecule has 0 bridgehead atoms. The number of ether oxygens (including phenoxy) is 3. The van der Waals surface area contributed by atoms with Crippen LogP contribution in [0.1, 0.15) is 49.4 Å². The van der Waals surface area contributed by atoms with E-state index in [1.165, 1.54) is 25.5 Å². The third-order valence-electron chi connectivity index (χ3n) is 5.09. The standard InChI is InChI=1S/C21H27NO5/c1-15(21(24)25-2)13-22(11-10-16-6-4-3-5-7-16)20(23)17-8-9-18-19(12-17)27-14-26-18/h6,8-9,12,15H,3-5,7,10-11,13-14H2,1-2H3. The van der Waals surface area contributed by atoms with Gasteiger partial charge in [0.15, 0.2) is 11.5 Å². The molecule has 27 heavy (non-hydrogen) atoms. The van der Waals surface area contributed by atoms with Crippen LogP contribution in [0.2, 0.25) is 0 Å². The fourth-order valence-electron chi connectivity index (χ4n) is 3.50. The zero-order valence-electron chi connectivity index (χ0n) is 16.0. The van der Waals surface area contributed by atoms with Gasteiger partial charge < -0.3 is 19.1 Å². The van der Waals surface area contributed by atoms with Crippen LogP contribution in [-0.2, 0) is 9.53 Å². The average Bonchev–Trinajstić information content (AvgIpc) is 3.18. The molecular weight excluding hydrogens is 346 g/mol. The van der Waals surface area contributed by atoms with Gasteiger partial charge in [0.2, 0.25) is 6.79 Å². The minimum absolute atomic E-state index is 0.111. The first-order chi connectivity index (χ1) is 13.1. The van der Waals surface area contributed by atoms with E-state index in [1.54, 1.807) is 30.0 Å². The van der Waals surface area contributed by atoms with Gasteiger partial charge >= 0.3 is 5.97 Å². The number of nitrogens with zero attached hydrogens (tertiary/aromatic N) is 1. The monoisotopic (exact) mass is 373 g/mol. The molecular formula is C21H27NO5. The van der Waals surface area contributed by atoms with Crippen molar-refractivity contribution in [3.8, 4) is 11.5 Å². The molecule has 1 aliphatic carbocycles. The number of hydrogen-bond acceptors (Lipinski definition) is 5. The maximum atomic E-state index is 13.1. The quantitative estimate of drug-likeness (QED) is 0.540. The molecule has 6 heteroatoms. The molecule has 1 atom stereocenters. The van der Waals surface area contributed by atoms with Gasteiger partial charge in [-0.15, -0.1) is 0 Å². The van der Waals surface area contributed by atoms with Crippen molar-refractivity contribution in [1.82, 2.24) is 4.90 Å². The fraction of sp³-hybridized carbons (Fsp3) is 0.524. The highest BCUT2D eigenvalue weighted by Crippen LogP contribution is 2.33. The highest BCUT2D eigenvalue weighted by Gasteiger charge is 2.24. The molecule has 0 spiro atoms. The minimum Gasteiger partial charge on any atom is -0.469 e. The summed E-state index contributed by atoms with van der Waals surface area (Å²) in [6.07, 6.45) is 7.78. The minimum atomic E-state index is -0.381. The molecule has 1 aliphatic heterocycles. The molecule has 2 aliphatic rings. The Balaban J connectivity index is 1.73. The van der Waals surface area contributed by atoms with Crippen molar-refractivity contribution in [2.45, 2.75) is 39.0 Å². The Morgan fingerprint density at radius 2 is 2.04 bits per heavy atom. The van der Waals surface area contributed by atoms with Crippen LogP contribution in [0.15, 0.2) is 29.8 Å². The summed E-state index contributed by atoms with van der Waals surface area (Å²) in [7, 11) is 1.37. The lowest BCUT2D eigenvalue weighted by molar-refractivity contribution is -0.145. The third kappa shape index (κ3) is 4.81. The Morgan fingerprint density at radius 3 is 2.78 bits per heavy atom. The molecule has 1 aromatic rings. The van der Waals surface area contributed by atoms with Gasteiger partial charge in [-0.25, -0.2) is 0 Å². The molecule has 0 saturated heterocycles. The number of fused-ring (bicyclic) bond motifs is 1. The maximum Gasteiger partial charge on any atom is 0.310 e. The Kier molecular flexibility index (Phi) is 6.37. The van der Waals surface area contributed by atoms with Crippen LogP contribution in [0, 0.1) is 5.92 Å². The molecule has 0 radical (unpaired) electrons. The molecule has 6 nitrogen and oxygen atoms in total. The number of methoxy groups -OCH3 is 1. The number of benzene rings is 1. The van der Waals surface area contributed by atoms with Gasteiger partial charge in [0.25, 0.3) is 5.91 Å². The second kappa shape index (κ2) is 8.93. The van der Waals surface area contributed by atoms with Gasteiger partial charge in [-0.2, -0.15) is 0 Å². The van der Waals surface area contributed by atoms with Gasteiger partial charge in [0.1, 0.15) is 0 Å². The van der Waals surface area contributed by atoms with Crippen molar-refractivity contribution in [3.05, 3.63) is 35.4 Å². The van der Waals surface area contributed by atoms with Crippen molar-refractivity contribution in [3.63, 3.8) is 0 Å². The fourth-order valence-corrected chi connectivity index (χ4v) is 3.50. The summed E-state index contributed by atoms with van der Waals surface area (Å²) in [4.78, 5) is 26.7. The lowest BCUT2D eigenvalue weighted by Gasteiger charge is -2.26. The van der Waals surface area contributed by atoms with Crippen LogP contribution in [0.4, 0.5) is 0 Å². The van der Waals surface area contributed by atoms with E-state index in [-0.39, 0.29) is 24.6 Å². The first kappa shape index (κ1) is 19.3. The molecule has 1 unspecified atom stereocenters. The topological polar surface area (TPSA) is 65.1 Å². The van der Waals surface area contributed by atoms with Crippen LogP contribution in [0.25, 0.3) is 0 Å². The zero-order valence-corrected chi connectivity index (χ0v) is 16.0. The summed E-state index contributed by atoms with van der Waals surface area (Å²) >= 11 is 0. The normalized spacial score (nSPS) is 16.4. The van der Waals surface area contributed by atoms with Crippen molar-refractivity contribution >= 4 is 11.9 Å². The number of esters is 1. The Hall–Kier alpha value is -2.50. The second-order valence-corrected chi connectivity index (χ2v) is 7.10. The van der Waals surface area contributed by atoms with Crippen LogP contribution >= 0.6 is 0 Å². The number of rotatable bonds is 7. The van der Waals surface area contributed by atoms with Gasteiger partial charge in [0.05, 0.1) is 13.0 Å². The van der Waals surface area contributed by atoms with E-state index in [0.717, 1.165) is 19.3 Å². The summed E-state index contributed by atoms with van der Waals surface area (Å²) in [5, 5.41) is 0. The summed E-state index contributed by atoms with van der Waals surface area (Å²) in [6.45, 7) is 2.86. The van der Waals surface area contributed by atoms with E-state index in [0.29, 0.717) is 30.2 Å². The van der Waals surface area contributed by atoms with Gasteiger partial charge in [0, 0.05) is 18.7 Å². The van der Waals surface area contributed by atoms with Crippen molar-refractivity contribution < 1.29 is 23.8 Å². The smallest absolute Gasteiger partial charge is 0.310 e. The average molecular weight is 373 g/mol. The van der Waals surface area contributed by atoms with Gasteiger partial charge in [-0.1, -0.05) is 18.6 Å². The van der Waals surface area contributed by atoms with E-state index in [2.05, 4.69) is 6.08 Å². The molecule has 0 saturated carbocycles. The maximum absolute atomic E-state index is 13.1. The highest BCUT2D eigenvalue weighted by molar-refractivity contribution is 5.95. The number of allylic oxidation sites excluding steroid dienone is 1. The van der Waals surface area contributed by atoms with E-state index in [4.69, 9.17) is 14.2 Å². The van der Waals surface area contributed by atoms with E-state index < -0.39 is 0 Å². The predicted octanol–water partition coefficient (Wildman–Crippen LogP) is 3.56. The first-order valence-corrected chi connectivity index (χ1v) is 9.53. The number of amides is 1. The molecule has 146 valence electrons. The summed E-state index contributed by atoms with van der Waals surface area (Å²) in [6, 6.07) is 5.20. The number of hydrogen-bond donors (Lipinski definition) is 0. The van der Waals surface area contributed by atoms with Crippen LogP contribution in [-0.4, -0.2) is 43.8 Å². The predicted molar refractivity (Wildman–Crippen MR) is 101 cm³/mol. The summed E-state index contributed by atoms with van der Waals surface area (Å²) in [5.41, 5.74) is 1.93. The zero-order chi connectivity index (χ0) is 19.2. The molecule has 0 N–H and O–H groups in total. The van der Waals surface area contributed by atoms with E-state index in [9.17, 15) is 9.59 Å². The molecule has 1 amide bonds. The summed E-state index contributed by atoms with van der Waals surface area (Å²) < 4.78 is 15.5. The molecule has 1 aromatic carbocycles. The lowest BCUT2D eigenvalue weighted by atomic mass is 9.97. The Bertz CT molecular complexity index is 727. The largest absolute Gasteiger partial charge is 0.469 e. The highest BCUT2D eigenvalue weighted by atomic mass is 16.7. The van der Waals surface area contributed by atoms with Crippen LogP contribution < -0.4 is 9.47 Å². The van der Waals surface area contributed by atoms with E-state index in [1.807, 2.05) is 0 Å². The van der Waals surface area contributed by atoms with Crippen LogP contribution in [0.3, 0.4) is 0 Å². The molecule has 0 fully saturated rings. The van der Waals surface area contributed by atoms with Crippen molar-refractivity contribution in [2.24, 2.45) is 5.92 Å². The first-order valence-electron chi connectivity index (χ1n) is 9.53. The Labute approximate surface area is 160 Å². The third-order valence-corrected chi connectivity index (χ3v) is 5.09. The number of carbonyl (C=O) groups is 2. The molecule has 1 heterocycles. The number of carbonyl (C=O) groups excluding carboxylic acids is 2.